The molecule has 0 saturated carbocycles. The van der Waals surface area contributed by atoms with Crippen LogP contribution in [-0.4, -0.2) is 52.1 Å². The van der Waals surface area contributed by atoms with Gasteiger partial charge in [-0.05, 0) is 39.5 Å². The van der Waals surface area contributed by atoms with Crippen LogP contribution < -0.4 is 0 Å². The highest BCUT2D eigenvalue weighted by molar-refractivity contribution is 5.85. The van der Waals surface area contributed by atoms with E-state index in [1.807, 2.05) is 4.90 Å². The summed E-state index contributed by atoms with van der Waals surface area (Å²) in [6, 6.07) is 0.101. The van der Waals surface area contributed by atoms with Crippen LogP contribution in [-0.2, 0) is 4.79 Å². The number of hydrogen-bond donors (Lipinski definition) is 1. The molecule has 1 fully saturated rings. The number of carbonyl (C=O) groups excluding carboxylic acids is 1. The van der Waals surface area contributed by atoms with Crippen LogP contribution in [0.1, 0.15) is 52.9 Å². The fourth-order valence-electron chi connectivity index (χ4n) is 2.46. The molecule has 0 aliphatic carbocycles. The molecule has 1 unspecified atom stereocenters. The van der Waals surface area contributed by atoms with Crippen LogP contribution in [0, 0.1) is 0 Å². The average Bonchev–Trinajstić information content (AvgIpc) is 2.38. The molecule has 0 aromatic heterocycles. The van der Waals surface area contributed by atoms with Crippen LogP contribution in [0.25, 0.3) is 0 Å². The van der Waals surface area contributed by atoms with E-state index < -0.39 is 11.5 Å². The zero-order valence-corrected chi connectivity index (χ0v) is 12.5. The largest absolute Gasteiger partial charge is 0.480 e. The molecule has 19 heavy (non-hydrogen) atoms. The summed E-state index contributed by atoms with van der Waals surface area (Å²) in [6.07, 6.45) is 5.22. The Hall–Kier alpha value is -1.26. The number of piperidine rings is 1. The van der Waals surface area contributed by atoms with Gasteiger partial charge in [-0.2, -0.15) is 0 Å². The number of carbonyl (C=O) groups is 2. The fourth-order valence-corrected chi connectivity index (χ4v) is 2.46. The Kier molecular flexibility index (Phi) is 5.20. The highest BCUT2D eigenvalue weighted by Gasteiger charge is 2.39. The molecule has 1 saturated heterocycles. The molecule has 1 aliphatic rings. The summed E-state index contributed by atoms with van der Waals surface area (Å²) in [6.45, 7) is 5.98. The van der Waals surface area contributed by atoms with Crippen molar-refractivity contribution >= 4 is 12.0 Å². The molecule has 0 aromatic carbocycles. The van der Waals surface area contributed by atoms with Gasteiger partial charge in [0.25, 0.3) is 0 Å². The first-order chi connectivity index (χ1) is 8.82. The van der Waals surface area contributed by atoms with Gasteiger partial charge in [0.1, 0.15) is 5.54 Å². The summed E-state index contributed by atoms with van der Waals surface area (Å²) >= 11 is 0. The Labute approximate surface area is 115 Å². The Morgan fingerprint density at radius 2 is 2.00 bits per heavy atom. The monoisotopic (exact) mass is 270 g/mol. The number of nitrogens with zero attached hydrogens (tertiary/aromatic N) is 2. The van der Waals surface area contributed by atoms with Gasteiger partial charge in [0.05, 0.1) is 0 Å². The molecule has 1 N–H and O–H groups in total. The molecule has 2 amide bonds. The normalized spacial score (nSPS) is 20.2. The number of likely N-dealkylation sites (N-methyl/N-ethyl adjacent to an activating group) is 1. The molecule has 0 radical (unpaired) electrons. The van der Waals surface area contributed by atoms with Crippen molar-refractivity contribution in [2.24, 2.45) is 0 Å². The lowest BCUT2D eigenvalue weighted by Gasteiger charge is -2.41. The molecule has 1 heterocycles. The third-order valence-corrected chi connectivity index (χ3v) is 4.14. The van der Waals surface area contributed by atoms with Crippen molar-refractivity contribution < 1.29 is 14.7 Å². The first kappa shape index (κ1) is 15.8. The number of carboxylic acids is 1. The lowest BCUT2D eigenvalue weighted by molar-refractivity contribution is -0.147. The number of urea groups is 1. The Bertz CT molecular complexity index is 340. The van der Waals surface area contributed by atoms with Crippen molar-refractivity contribution in [3.8, 4) is 0 Å². The van der Waals surface area contributed by atoms with E-state index in [4.69, 9.17) is 0 Å². The fraction of sp³-hybridized carbons (Fsp3) is 0.857. The molecular formula is C14H26N2O3. The van der Waals surface area contributed by atoms with Crippen LogP contribution in [0.2, 0.25) is 0 Å². The highest BCUT2D eigenvalue weighted by Crippen LogP contribution is 2.24. The second kappa shape index (κ2) is 6.26. The van der Waals surface area contributed by atoms with E-state index in [2.05, 4.69) is 6.92 Å². The van der Waals surface area contributed by atoms with Crippen molar-refractivity contribution in [3.63, 3.8) is 0 Å². The number of carboxylic acid groups (broad SMARTS) is 1. The van der Waals surface area contributed by atoms with Gasteiger partial charge in [-0.15, -0.1) is 0 Å². The van der Waals surface area contributed by atoms with Crippen LogP contribution >= 0.6 is 0 Å². The van der Waals surface area contributed by atoms with E-state index in [1.54, 1.807) is 20.9 Å². The first-order valence-electron chi connectivity index (χ1n) is 7.10. The smallest absolute Gasteiger partial charge is 0.329 e. The maximum Gasteiger partial charge on any atom is 0.329 e. The number of likely N-dealkylation sites (tertiary alicyclic amines) is 1. The molecule has 0 bridgehead atoms. The van der Waals surface area contributed by atoms with Crippen LogP contribution in [0.15, 0.2) is 0 Å². The summed E-state index contributed by atoms with van der Waals surface area (Å²) in [7, 11) is 1.58. The number of amides is 2. The molecule has 5 heteroatoms. The van der Waals surface area contributed by atoms with Crippen molar-refractivity contribution in [2.45, 2.75) is 64.5 Å². The van der Waals surface area contributed by atoms with Gasteiger partial charge >= 0.3 is 12.0 Å². The Balaban J connectivity index is 2.82. The minimum Gasteiger partial charge on any atom is -0.480 e. The van der Waals surface area contributed by atoms with Gasteiger partial charge in [-0.1, -0.05) is 13.3 Å². The molecule has 5 nitrogen and oxygen atoms in total. The predicted octanol–water partition coefficient (Wildman–Crippen LogP) is 2.56. The molecule has 110 valence electrons. The number of hydrogen-bond acceptors (Lipinski definition) is 2. The third kappa shape index (κ3) is 3.39. The van der Waals surface area contributed by atoms with Crippen molar-refractivity contribution in [1.82, 2.24) is 9.80 Å². The lowest BCUT2D eigenvalue weighted by Crippen LogP contribution is -2.57. The van der Waals surface area contributed by atoms with E-state index in [1.165, 1.54) is 4.90 Å². The van der Waals surface area contributed by atoms with Gasteiger partial charge in [0, 0.05) is 19.6 Å². The van der Waals surface area contributed by atoms with Gasteiger partial charge in [-0.3, -0.25) is 0 Å². The zero-order chi connectivity index (χ0) is 14.6. The molecule has 0 spiro atoms. The maximum absolute atomic E-state index is 12.5. The Morgan fingerprint density at radius 3 is 2.53 bits per heavy atom. The summed E-state index contributed by atoms with van der Waals surface area (Å²) in [5.74, 6) is -0.979. The first-order valence-corrected chi connectivity index (χ1v) is 7.10. The van der Waals surface area contributed by atoms with Crippen molar-refractivity contribution in [2.75, 3.05) is 13.6 Å². The van der Waals surface area contributed by atoms with Gasteiger partial charge < -0.3 is 14.9 Å². The standard InChI is InChI=1S/C14H26N2O3/c1-5-8-11-9-6-7-10-16(11)13(19)15(4)14(2,3)12(17)18/h11H,5-10H2,1-4H3,(H,17,18). The molecular weight excluding hydrogens is 244 g/mol. The van der Waals surface area contributed by atoms with Crippen LogP contribution in [0.5, 0.6) is 0 Å². The van der Waals surface area contributed by atoms with Crippen LogP contribution in [0.4, 0.5) is 4.79 Å². The highest BCUT2D eigenvalue weighted by atomic mass is 16.4. The Morgan fingerprint density at radius 1 is 1.37 bits per heavy atom. The second-order valence-corrected chi connectivity index (χ2v) is 5.84. The number of rotatable bonds is 4. The second-order valence-electron chi connectivity index (χ2n) is 5.84. The quantitative estimate of drug-likeness (QED) is 0.854. The predicted molar refractivity (Wildman–Crippen MR) is 74.1 cm³/mol. The molecule has 0 aromatic rings. The molecule has 1 atom stereocenters. The summed E-state index contributed by atoms with van der Waals surface area (Å²) in [4.78, 5) is 27.0. The molecule has 1 aliphatic heterocycles. The third-order valence-electron chi connectivity index (χ3n) is 4.14. The summed E-state index contributed by atoms with van der Waals surface area (Å²) in [5, 5.41) is 9.22. The number of aliphatic carboxylic acids is 1. The minimum atomic E-state index is -1.18. The van der Waals surface area contributed by atoms with Crippen molar-refractivity contribution in [3.05, 3.63) is 0 Å². The van der Waals surface area contributed by atoms with Crippen LogP contribution in [0.3, 0.4) is 0 Å². The van der Waals surface area contributed by atoms with E-state index in [0.29, 0.717) is 0 Å². The van der Waals surface area contributed by atoms with Crippen molar-refractivity contribution in [1.29, 1.82) is 0 Å². The lowest BCUT2D eigenvalue weighted by atomic mass is 9.98. The average molecular weight is 270 g/mol. The van der Waals surface area contributed by atoms with E-state index in [-0.39, 0.29) is 12.1 Å². The molecule has 1 rings (SSSR count). The van der Waals surface area contributed by atoms with Gasteiger partial charge in [0.2, 0.25) is 0 Å². The minimum absolute atomic E-state index is 0.162. The van der Waals surface area contributed by atoms with Gasteiger partial charge in [-0.25, -0.2) is 9.59 Å². The topological polar surface area (TPSA) is 60.9 Å². The van der Waals surface area contributed by atoms with E-state index in [9.17, 15) is 14.7 Å². The summed E-state index contributed by atoms with van der Waals surface area (Å²) < 4.78 is 0. The van der Waals surface area contributed by atoms with Gasteiger partial charge in [0.15, 0.2) is 0 Å². The zero-order valence-electron chi connectivity index (χ0n) is 12.5. The maximum atomic E-state index is 12.5. The van der Waals surface area contributed by atoms with E-state index in [0.717, 1.165) is 38.6 Å². The SMILES string of the molecule is CCCC1CCCCN1C(=O)N(C)C(C)(C)C(=O)O. The van der Waals surface area contributed by atoms with E-state index >= 15 is 0 Å². The summed E-state index contributed by atoms with van der Waals surface area (Å²) in [5.41, 5.74) is -1.18.